The molecule has 0 radical (unpaired) electrons. The number of benzene rings is 1. The highest BCUT2D eigenvalue weighted by atomic mass is 28.4. The highest BCUT2D eigenvalue weighted by Gasteiger charge is 2.38. The molecule has 0 spiro atoms. The SMILES string of the molecule is CC(=O)c1cccc2c1CC(CO[Si](C)(C)C(C)(C)C)C2. The minimum absolute atomic E-state index is 0.179. The van der Waals surface area contributed by atoms with Crippen molar-refractivity contribution in [1.29, 1.82) is 0 Å². The average molecular weight is 305 g/mol. The molecule has 0 heterocycles. The highest BCUT2D eigenvalue weighted by molar-refractivity contribution is 6.74. The van der Waals surface area contributed by atoms with Gasteiger partial charge in [0.05, 0.1) is 0 Å². The molecule has 2 rings (SSSR count). The molecule has 1 aromatic carbocycles. The van der Waals surface area contributed by atoms with Crippen LogP contribution >= 0.6 is 0 Å². The summed E-state index contributed by atoms with van der Waals surface area (Å²) < 4.78 is 6.36. The fraction of sp³-hybridized carbons (Fsp3) is 0.611. The van der Waals surface area contributed by atoms with Gasteiger partial charge in [0, 0.05) is 12.2 Å². The van der Waals surface area contributed by atoms with Gasteiger partial charge in [0.15, 0.2) is 14.1 Å². The summed E-state index contributed by atoms with van der Waals surface area (Å²) in [5, 5.41) is 0.253. The van der Waals surface area contributed by atoms with Crippen molar-refractivity contribution in [1.82, 2.24) is 0 Å². The first-order chi connectivity index (χ1) is 9.62. The van der Waals surface area contributed by atoms with Crippen molar-refractivity contribution in [3.63, 3.8) is 0 Å². The minimum atomic E-state index is -1.68. The third kappa shape index (κ3) is 3.46. The van der Waals surface area contributed by atoms with Gasteiger partial charge in [-0.25, -0.2) is 0 Å². The van der Waals surface area contributed by atoms with E-state index < -0.39 is 8.32 Å². The van der Waals surface area contributed by atoms with E-state index in [-0.39, 0.29) is 10.8 Å². The van der Waals surface area contributed by atoms with Gasteiger partial charge in [0.1, 0.15) is 0 Å². The van der Waals surface area contributed by atoms with Crippen molar-refractivity contribution in [2.24, 2.45) is 5.92 Å². The molecular weight excluding hydrogens is 276 g/mol. The average Bonchev–Trinajstić information content (AvgIpc) is 2.77. The van der Waals surface area contributed by atoms with Crippen LogP contribution < -0.4 is 0 Å². The Morgan fingerprint density at radius 2 is 1.95 bits per heavy atom. The molecule has 1 atom stereocenters. The molecule has 2 nitrogen and oxygen atoms in total. The van der Waals surface area contributed by atoms with Crippen molar-refractivity contribution in [3.8, 4) is 0 Å². The van der Waals surface area contributed by atoms with E-state index in [1.807, 2.05) is 12.1 Å². The van der Waals surface area contributed by atoms with E-state index in [9.17, 15) is 4.79 Å². The summed E-state index contributed by atoms with van der Waals surface area (Å²) in [5.74, 6) is 0.701. The van der Waals surface area contributed by atoms with E-state index in [1.54, 1.807) is 6.92 Å². The van der Waals surface area contributed by atoms with Crippen LogP contribution in [0.5, 0.6) is 0 Å². The first-order valence-electron chi connectivity index (χ1n) is 7.87. The molecule has 0 saturated heterocycles. The van der Waals surface area contributed by atoms with E-state index in [0.29, 0.717) is 5.92 Å². The fourth-order valence-electron chi connectivity index (χ4n) is 2.73. The summed E-state index contributed by atoms with van der Waals surface area (Å²) in [5.41, 5.74) is 3.50. The van der Waals surface area contributed by atoms with Gasteiger partial charge < -0.3 is 4.43 Å². The second-order valence-corrected chi connectivity index (χ2v) is 12.7. The first-order valence-corrected chi connectivity index (χ1v) is 10.8. The number of carbonyl (C=O) groups is 1. The lowest BCUT2D eigenvalue weighted by Crippen LogP contribution is -2.42. The summed E-state index contributed by atoms with van der Waals surface area (Å²) in [4.78, 5) is 11.7. The molecule has 1 aliphatic carbocycles. The molecule has 3 heteroatoms. The molecule has 0 saturated carbocycles. The largest absolute Gasteiger partial charge is 0.417 e. The standard InChI is InChI=1S/C18H28O2Si/c1-13(19)16-9-7-8-15-10-14(11-17(15)16)12-20-21(5,6)18(2,3)4/h7-9,14H,10-12H2,1-6H3. The van der Waals surface area contributed by atoms with Crippen LogP contribution in [0.3, 0.4) is 0 Å². The normalized spacial score (nSPS) is 18.7. The molecule has 1 aromatic rings. The summed E-state index contributed by atoms with van der Waals surface area (Å²) in [6, 6.07) is 6.12. The number of hydrogen-bond acceptors (Lipinski definition) is 2. The maximum absolute atomic E-state index is 11.7. The molecule has 21 heavy (non-hydrogen) atoms. The van der Waals surface area contributed by atoms with Crippen LogP contribution in [0.15, 0.2) is 18.2 Å². The highest BCUT2D eigenvalue weighted by Crippen LogP contribution is 2.38. The van der Waals surface area contributed by atoms with Crippen molar-refractivity contribution >= 4 is 14.1 Å². The summed E-state index contributed by atoms with van der Waals surface area (Å²) >= 11 is 0. The van der Waals surface area contributed by atoms with Crippen LogP contribution in [0.2, 0.25) is 18.1 Å². The van der Waals surface area contributed by atoms with Crippen LogP contribution in [0.4, 0.5) is 0 Å². The van der Waals surface area contributed by atoms with E-state index in [4.69, 9.17) is 4.43 Å². The Bertz CT molecular complexity index is 541. The van der Waals surface area contributed by atoms with Crippen molar-refractivity contribution in [2.75, 3.05) is 6.61 Å². The zero-order chi connectivity index (χ0) is 15.8. The van der Waals surface area contributed by atoms with Gasteiger partial charge in [-0.1, -0.05) is 39.0 Å². The lowest BCUT2D eigenvalue weighted by molar-refractivity contribution is 0.101. The number of hydrogen-bond donors (Lipinski definition) is 0. The van der Waals surface area contributed by atoms with E-state index in [0.717, 1.165) is 25.0 Å². The van der Waals surface area contributed by atoms with Gasteiger partial charge in [0.25, 0.3) is 0 Å². The van der Waals surface area contributed by atoms with E-state index >= 15 is 0 Å². The van der Waals surface area contributed by atoms with Crippen LogP contribution in [0, 0.1) is 5.92 Å². The van der Waals surface area contributed by atoms with Crippen LogP contribution in [-0.2, 0) is 17.3 Å². The Labute approximate surface area is 130 Å². The number of ketones is 1. The lowest BCUT2D eigenvalue weighted by atomic mass is 10.0. The Balaban J connectivity index is 2.05. The molecule has 0 aliphatic heterocycles. The molecule has 0 aromatic heterocycles. The number of fused-ring (bicyclic) bond motifs is 1. The van der Waals surface area contributed by atoms with Gasteiger partial charge in [-0.15, -0.1) is 0 Å². The Morgan fingerprint density at radius 3 is 2.52 bits per heavy atom. The summed E-state index contributed by atoms with van der Waals surface area (Å²) in [6.45, 7) is 13.9. The molecule has 1 aliphatic rings. The quantitative estimate of drug-likeness (QED) is 0.599. The number of carbonyl (C=O) groups excluding carboxylic acids is 1. The Morgan fingerprint density at radius 1 is 1.29 bits per heavy atom. The zero-order valence-corrected chi connectivity index (χ0v) is 15.2. The second-order valence-electron chi connectivity index (χ2n) is 7.85. The predicted octanol–water partition coefficient (Wildman–Crippen LogP) is 4.63. The number of rotatable bonds is 4. The van der Waals surface area contributed by atoms with Crippen molar-refractivity contribution in [3.05, 3.63) is 34.9 Å². The summed E-state index contributed by atoms with van der Waals surface area (Å²) in [7, 11) is -1.68. The van der Waals surface area contributed by atoms with Gasteiger partial charge in [0.2, 0.25) is 0 Å². The first kappa shape index (κ1) is 16.4. The third-order valence-corrected chi connectivity index (χ3v) is 9.64. The van der Waals surface area contributed by atoms with Gasteiger partial charge in [-0.05, 0) is 54.9 Å². The van der Waals surface area contributed by atoms with Crippen LogP contribution in [0.1, 0.15) is 49.2 Å². The maximum Gasteiger partial charge on any atom is 0.191 e. The molecule has 0 bridgehead atoms. The van der Waals surface area contributed by atoms with Crippen LogP contribution in [-0.4, -0.2) is 20.7 Å². The third-order valence-electron chi connectivity index (χ3n) is 5.14. The van der Waals surface area contributed by atoms with E-state index in [2.05, 4.69) is 39.9 Å². The molecule has 0 N–H and O–H groups in total. The van der Waals surface area contributed by atoms with Gasteiger partial charge in [-0.2, -0.15) is 0 Å². The molecule has 1 unspecified atom stereocenters. The number of Topliss-reactive ketones (excluding diaryl/α,β-unsaturated/α-hetero) is 1. The van der Waals surface area contributed by atoms with E-state index in [1.165, 1.54) is 11.1 Å². The van der Waals surface area contributed by atoms with Crippen molar-refractivity contribution in [2.45, 2.75) is 58.7 Å². The molecule has 116 valence electrons. The lowest BCUT2D eigenvalue weighted by Gasteiger charge is -2.37. The van der Waals surface area contributed by atoms with Crippen molar-refractivity contribution < 1.29 is 9.22 Å². The van der Waals surface area contributed by atoms with Crippen LogP contribution in [0.25, 0.3) is 0 Å². The Hall–Kier alpha value is -0.933. The fourth-order valence-corrected chi connectivity index (χ4v) is 3.81. The topological polar surface area (TPSA) is 26.3 Å². The van der Waals surface area contributed by atoms with Gasteiger partial charge in [-0.3, -0.25) is 4.79 Å². The molecular formula is C18H28O2Si. The second kappa shape index (κ2) is 5.69. The maximum atomic E-state index is 11.7. The molecule has 0 fully saturated rings. The summed E-state index contributed by atoms with van der Waals surface area (Å²) in [6.07, 6.45) is 2.03. The smallest absolute Gasteiger partial charge is 0.191 e. The zero-order valence-electron chi connectivity index (χ0n) is 14.2. The molecule has 0 amide bonds. The predicted molar refractivity (Wildman–Crippen MR) is 90.5 cm³/mol. The monoisotopic (exact) mass is 304 g/mol. The minimum Gasteiger partial charge on any atom is -0.417 e. The Kier molecular flexibility index (Phi) is 4.46. The van der Waals surface area contributed by atoms with Gasteiger partial charge >= 0.3 is 0 Å².